The zero-order chi connectivity index (χ0) is 14.9. The fraction of sp³-hybridized carbons (Fsp3) is 0.0714. The predicted octanol–water partition coefficient (Wildman–Crippen LogP) is 3.99. The number of phenols is 1. The smallest absolute Gasteiger partial charge is 0.256 e. The molecule has 0 aliphatic heterocycles. The second kappa shape index (κ2) is 5.58. The number of aromatic hydroxyl groups is 1. The molecule has 0 unspecified atom stereocenters. The zero-order valence-electron chi connectivity index (χ0n) is 10.4. The van der Waals surface area contributed by atoms with E-state index < -0.39 is 17.5 Å². The normalized spacial score (nSPS) is 10.4. The van der Waals surface area contributed by atoms with E-state index in [1.807, 2.05) is 0 Å². The van der Waals surface area contributed by atoms with Crippen molar-refractivity contribution in [3.63, 3.8) is 0 Å². The number of carbonyl (C=O) groups is 1. The highest BCUT2D eigenvalue weighted by molar-refractivity contribution is 9.10. The first-order valence-electron chi connectivity index (χ1n) is 5.64. The van der Waals surface area contributed by atoms with Crippen molar-refractivity contribution in [1.29, 1.82) is 0 Å². The lowest BCUT2D eigenvalue weighted by molar-refractivity contribution is 0.102. The van der Waals surface area contributed by atoms with Gasteiger partial charge in [-0.1, -0.05) is 6.07 Å². The van der Waals surface area contributed by atoms with Crippen LogP contribution in [-0.4, -0.2) is 11.0 Å². The summed E-state index contributed by atoms with van der Waals surface area (Å²) in [6.45, 7) is 1.57. The first kappa shape index (κ1) is 14.5. The van der Waals surface area contributed by atoms with Crippen LogP contribution in [0.5, 0.6) is 5.75 Å². The standard InChI is InChI=1S/C14H10BrF2NO2/c1-7-8(3-2-4-13(7)19)14(20)18-12-5-9(15)10(16)6-11(12)17/h2-6,19H,1H3,(H,18,20). The molecule has 104 valence electrons. The van der Waals surface area contributed by atoms with E-state index in [0.29, 0.717) is 11.6 Å². The van der Waals surface area contributed by atoms with E-state index in [1.165, 1.54) is 18.2 Å². The van der Waals surface area contributed by atoms with Gasteiger partial charge in [0.2, 0.25) is 0 Å². The third-order valence-electron chi connectivity index (χ3n) is 2.81. The van der Waals surface area contributed by atoms with Gasteiger partial charge in [-0.15, -0.1) is 0 Å². The highest BCUT2D eigenvalue weighted by Gasteiger charge is 2.15. The average Bonchev–Trinajstić information content (AvgIpc) is 2.39. The molecule has 0 aromatic heterocycles. The maximum Gasteiger partial charge on any atom is 0.256 e. The molecule has 3 nitrogen and oxygen atoms in total. The lowest BCUT2D eigenvalue weighted by atomic mass is 10.1. The third kappa shape index (κ3) is 2.80. The number of rotatable bonds is 2. The molecule has 0 bridgehead atoms. The molecule has 0 saturated carbocycles. The monoisotopic (exact) mass is 341 g/mol. The molecule has 1 amide bonds. The van der Waals surface area contributed by atoms with E-state index in [2.05, 4.69) is 21.2 Å². The third-order valence-corrected chi connectivity index (χ3v) is 3.42. The van der Waals surface area contributed by atoms with Crippen molar-refractivity contribution in [3.05, 3.63) is 57.6 Å². The molecule has 2 rings (SSSR count). The van der Waals surface area contributed by atoms with Crippen LogP contribution in [0.2, 0.25) is 0 Å². The average molecular weight is 342 g/mol. The molecular weight excluding hydrogens is 332 g/mol. The van der Waals surface area contributed by atoms with Gasteiger partial charge >= 0.3 is 0 Å². The van der Waals surface area contributed by atoms with Gasteiger partial charge < -0.3 is 10.4 Å². The van der Waals surface area contributed by atoms with Gasteiger partial charge in [-0.2, -0.15) is 0 Å². The maximum atomic E-state index is 13.6. The largest absolute Gasteiger partial charge is 0.508 e. The van der Waals surface area contributed by atoms with E-state index in [9.17, 15) is 18.7 Å². The van der Waals surface area contributed by atoms with Crippen LogP contribution < -0.4 is 5.32 Å². The minimum atomic E-state index is -0.878. The van der Waals surface area contributed by atoms with Crippen molar-refractivity contribution in [2.24, 2.45) is 0 Å². The molecule has 0 fully saturated rings. The van der Waals surface area contributed by atoms with E-state index in [-0.39, 0.29) is 21.5 Å². The number of phenolic OH excluding ortho intramolecular Hbond substituents is 1. The molecule has 2 aromatic rings. The Balaban J connectivity index is 2.33. The summed E-state index contributed by atoms with van der Waals surface area (Å²) < 4.78 is 26.7. The van der Waals surface area contributed by atoms with E-state index in [4.69, 9.17) is 0 Å². The van der Waals surface area contributed by atoms with Crippen LogP contribution in [0, 0.1) is 18.6 Å². The lowest BCUT2D eigenvalue weighted by Gasteiger charge is -2.10. The molecule has 0 aliphatic rings. The van der Waals surface area contributed by atoms with E-state index in [0.717, 1.165) is 6.07 Å². The number of amides is 1. The molecule has 0 spiro atoms. The van der Waals surface area contributed by atoms with Crippen molar-refractivity contribution in [3.8, 4) is 5.75 Å². The van der Waals surface area contributed by atoms with E-state index >= 15 is 0 Å². The van der Waals surface area contributed by atoms with Crippen molar-refractivity contribution in [2.75, 3.05) is 5.32 Å². The molecule has 20 heavy (non-hydrogen) atoms. The van der Waals surface area contributed by atoms with Crippen molar-refractivity contribution >= 4 is 27.5 Å². The van der Waals surface area contributed by atoms with Crippen molar-refractivity contribution in [1.82, 2.24) is 0 Å². The first-order chi connectivity index (χ1) is 9.40. The summed E-state index contributed by atoms with van der Waals surface area (Å²) >= 11 is 2.92. The van der Waals surface area contributed by atoms with Gasteiger partial charge in [0.05, 0.1) is 10.2 Å². The minimum Gasteiger partial charge on any atom is -0.508 e. The summed E-state index contributed by atoms with van der Waals surface area (Å²) in [5, 5.41) is 11.9. The van der Waals surface area contributed by atoms with Gasteiger partial charge in [-0.3, -0.25) is 4.79 Å². The topological polar surface area (TPSA) is 49.3 Å². The number of hydrogen-bond acceptors (Lipinski definition) is 2. The molecule has 0 aliphatic carbocycles. The van der Waals surface area contributed by atoms with Crippen LogP contribution in [0.1, 0.15) is 15.9 Å². The number of halogens is 3. The number of benzene rings is 2. The van der Waals surface area contributed by atoms with Crippen LogP contribution in [0.15, 0.2) is 34.8 Å². The number of nitrogens with one attached hydrogen (secondary N) is 1. The minimum absolute atomic E-state index is 0.0293. The molecule has 2 aromatic carbocycles. The molecule has 0 atom stereocenters. The van der Waals surface area contributed by atoms with Gasteiger partial charge in [-0.25, -0.2) is 8.78 Å². The SMILES string of the molecule is Cc1c(O)cccc1C(=O)Nc1cc(Br)c(F)cc1F. The van der Waals surface area contributed by atoms with Gasteiger partial charge in [0.1, 0.15) is 17.4 Å². The second-order valence-electron chi connectivity index (χ2n) is 4.15. The second-order valence-corrected chi connectivity index (χ2v) is 5.00. The Morgan fingerprint density at radius 3 is 2.65 bits per heavy atom. The lowest BCUT2D eigenvalue weighted by Crippen LogP contribution is -2.14. The quantitative estimate of drug-likeness (QED) is 0.811. The van der Waals surface area contributed by atoms with Gasteiger partial charge in [-0.05, 0) is 41.1 Å². The van der Waals surface area contributed by atoms with E-state index in [1.54, 1.807) is 6.92 Å². The predicted molar refractivity (Wildman–Crippen MR) is 74.9 cm³/mol. The molecular formula is C14H10BrF2NO2. The van der Waals surface area contributed by atoms with Crippen LogP contribution in [0.25, 0.3) is 0 Å². The van der Waals surface area contributed by atoms with Crippen LogP contribution in [-0.2, 0) is 0 Å². The Morgan fingerprint density at radius 2 is 1.95 bits per heavy atom. The fourth-order valence-electron chi connectivity index (χ4n) is 1.68. The van der Waals surface area contributed by atoms with Crippen molar-refractivity contribution < 1.29 is 18.7 Å². The molecule has 0 heterocycles. The molecule has 0 saturated heterocycles. The maximum absolute atomic E-state index is 13.6. The zero-order valence-corrected chi connectivity index (χ0v) is 12.0. The number of anilines is 1. The van der Waals surface area contributed by atoms with Crippen LogP contribution in [0.3, 0.4) is 0 Å². The van der Waals surface area contributed by atoms with Gasteiger partial charge in [0, 0.05) is 17.2 Å². The summed E-state index contributed by atoms with van der Waals surface area (Å²) in [6, 6.07) is 6.27. The fourth-order valence-corrected chi connectivity index (χ4v) is 2.02. The first-order valence-corrected chi connectivity index (χ1v) is 6.44. The number of hydrogen-bond donors (Lipinski definition) is 2. The summed E-state index contributed by atoms with van der Waals surface area (Å²) in [7, 11) is 0. The Hall–Kier alpha value is -1.95. The van der Waals surface area contributed by atoms with Gasteiger partial charge in [0.15, 0.2) is 0 Å². The molecule has 6 heteroatoms. The Kier molecular flexibility index (Phi) is 4.04. The summed E-state index contributed by atoms with van der Waals surface area (Å²) in [4.78, 5) is 12.0. The Morgan fingerprint density at radius 1 is 1.25 bits per heavy atom. The number of carbonyl (C=O) groups excluding carboxylic acids is 1. The highest BCUT2D eigenvalue weighted by atomic mass is 79.9. The summed E-state index contributed by atoms with van der Waals surface area (Å²) in [5.41, 5.74) is 0.447. The summed E-state index contributed by atoms with van der Waals surface area (Å²) in [5.74, 6) is -2.25. The molecule has 2 N–H and O–H groups in total. The van der Waals surface area contributed by atoms with Crippen LogP contribution in [0.4, 0.5) is 14.5 Å². The van der Waals surface area contributed by atoms with Crippen LogP contribution >= 0.6 is 15.9 Å². The highest BCUT2D eigenvalue weighted by Crippen LogP contribution is 2.25. The Labute approximate surface area is 122 Å². The molecule has 0 radical (unpaired) electrons. The van der Waals surface area contributed by atoms with Crippen molar-refractivity contribution in [2.45, 2.75) is 6.92 Å². The summed E-state index contributed by atoms with van der Waals surface area (Å²) in [6.07, 6.45) is 0. The van der Waals surface area contributed by atoms with Gasteiger partial charge in [0.25, 0.3) is 5.91 Å². The Bertz CT molecular complexity index is 689.